The molecule has 0 aliphatic carbocycles. The summed E-state index contributed by atoms with van der Waals surface area (Å²) in [5.74, 6) is -0.347. The van der Waals surface area contributed by atoms with Gasteiger partial charge in [-0.05, 0) is 24.3 Å². The molecule has 0 saturated heterocycles. The lowest BCUT2D eigenvalue weighted by molar-refractivity contribution is -0.384. The van der Waals surface area contributed by atoms with Gasteiger partial charge in [-0.25, -0.2) is 4.98 Å². The van der Waals surface area contributed by atoms with Crippen molar-refractivity contribution in [1.82, 2.24) is 4.98 Å². The van der Waals surface area contributed by atoms with Gasteiger partial charge in [-0.1, -0.05) is 34.5 Å². The highest BCUT2D eigenvalue weighted by atomic mass is 35.5. The van der Waals surface area contributed by atoms with Crippen LogP contribution in [0.3, 0.4) is 0 Å². The number of fused-ring (bicyclic) bond motifs is 2. The number of aromatic nitrogens is 1. The molecule has 0 spiro atoms. The smallest absolute Gasteiger partial charge is 0.270 e. The van der Waals surface area contributed by atoms with E-state index in [0.717, 1.165) is 4.70 Å². The first-order valence-electron chi connectivity index (χ1n) is 7.16. The minimum absolute atomic E-state index is 0.0160. The Balaban J connectivity index is 1.66. The topological polar surface area (TPSA) is 85.1 Å². The van der Waals surface area contributed by atoms with E-state index in [4.69, 9.17) is 23.2 Å². The number of carbonyl (C=O) groups excluding carboxylic acids is 1. The molecule has 0 aliphatic heterocycles. The molecular formula is C16H7Cl2N3O3S2. The number of halogens is 2. The average molecular weight is 424 g/mol. The number of anilines is 1. The Bertz CT molecular complexity index is 1160. The summed E-state index contributed by atoms with van der Waals surface area (Å²) >= 11 is 14.7. The van der Waals surface area contributed by atoms with Gasteiger partial charge in [-0.3, -0.25) is 20.2 Å². The van der Waals surface area contributed by atoms with Crippen molar-refractivity contribution in [3.8, 4) is 0 Å². The molecule has 0 unspecified atom stereocenters. The molecule has 2 aromatic carbocycles. The van der Waals surface area contributed by atoms with Crippen LogP contribution in [0.15, 0.2) is 36.4 Å². The van der Waals surface area contributed by atoms with Gasteiger partial charge in [-0.15, -0.1) is 11.3 Å². The normalized spacial score (nSPS) is 11.2. The maximum atomic E-state index is 12.5. The van der Waals surface area contributed by atoms with Crippen molar-refractivity contribution in [2.75, 3.05) is 5.32 Å². The molecular weight excluding hydrogens is 417 g/mol. The third kappa shape index (κ3) is 3.01. The van der Waals surface area contributed by atoms with Crippen molar-refractivity contribution in [2.24, 2.45) is 0 Å². The zero-order valence-electron chi connectivity index (χ0n) is 12.7. The van der Waals surface area contributed by atoms with E-state index in [1.54, 1.807) is 24.3 Å². The molecule has 10 heteroatoms. The summed E-state index contributed by atoms with van der Waals surface area (Å²) in [6.45, 7) is 0. The summed E-state index contributed by atoms with van der Waals surface area (Å²) in [7, 11) is 0. The second-order valence-corrected chi connectivity index (χ2v) is 8.17. The molecule has 0 bridgehead atoms. The highest BCUT2D eigenvalue weighted by Gasteiger charge is 2.16. The van der Waals surface area contributed by atoms with Gasteiger partial charge in [0.2, 0.25) is 0 Å². The minimum Gasteiger partial charge on any atom is -0.297 e. The first-order chi connectivity index (χ1) is 12.4. The number of nitro benzene ring substituents is 1. The monoisotopic (exact) mass is 423 g/mol. The largest absolute Gasteiger partial charge is 0.297 e. The van der Waals surface area contributed by atoms with E-state index >= 15 is 0 Å². The molecule has 2 aromatic heterocycles. The zero-order chi connectivity index (χ0) is 18.4. The van der Waals surface area contributed by atoms with Gasteiger partial charge in [0.05, 0.1) is 24.5 Å². The third-order valence-corrected chi connectivity index (χ3v) is 6.45. The van der Waals surface area contributed by atoms with Crippen LogP contribution in [0.4, 0.5) is 10.8 Å². The Hall–Kier alpha value is -2.26. The van der Waals surface area contributed by atoms with Crippen LogP contribution in [-0.4, -0.2) is 15.8 Å². The molecule has 26 heavy (non-hydrogen) atoms. The Morgan fingerprint density at radius 3 is 2.62 bits per heavy atom. The number of benzene rings is 2. The van der Waals surface area contributed by atoms with Crippen LogP contribution in [0.25, 0.3) is 20.3 Å². The number of non-ortho nitro benzene ring substituents is 1. The van der Waals surface area contributed by atoms with Gasteiger partial charge < -0.3 is 0 Å². The lowest BCUT2D eigenvalue weighted by atomic mass is 10.2. The lowest BCUT2D eigenvalue weighted by Crippen LogP contribution is -2.09. The minimum atomic E-state index is -0.467. The number of rotatable bonds is 3. The molecule has 0 saturated carbocycles. The second-order valence-electron chi connectivity index (χ2n) is 5.27. The van der Waals surface area contributed by atoms with Gasteiger partial charge in [-0.2, -0.15) is 0 Å². The maximum absolute atomic E-state index is 12.5. The number of carbonyl (C=O) groups is 1. The summed E-state index contributed by atoms with van der Waals surface area (Å²) in [6, 6.07) is 9.44. The first-order valence-corrected chi connectivity index (χ1v) is 9.55. The summed E-state index contributed by atoms with van der Waals surface area (Å²) < 4.78 is 1.48. The standard InChI is InChI=1S/C16H7Cl2N3O3S2/c17-9-2-3-10(18)14-13(9)19-16(26-14)20-15(22)12-6-7-5-8(21(23)24)1-4-11(7)25-12/h1-6H,(H,19,20,22). The summed E-state index contributed by atoms with van der Waals surface area (Å²) in [6.07, 6.45) is 0. The Kier molecular flexibility index (Phi) is 4.28. The molecule has 0 radical (unpaired) electrons. The van der Waals surface area contributed by atoms with Crippen LogP contribution in [0.1, 0.15) is 9.67 Å². The first kappa shape index (κ1) is 17.2. The fourth-order valence-corrected chi connectivity index (χ4v) is 4.77. The molecule has 4 aromatic rings. The van der Waals surface area contributed by atoms with Crippen molar-refractivity contribution in [3.63, 3.8) is 0 Å². The van der Waals surface area contributed by atoms with Crippen LogP contribution >= 0.6 is 45.9 Å². The van der Waals surface area contributed by atoms with Gasteiger partial charge in [0, 0.05) is 22.2 Å². The molecule has 1 amide bonds. The van der Waals surface area contributed by atoms with E-state index in [-0.39, 0.29) is 11.6 Å². The molecule has 0 fully saturated rings. The molecule has 0 atom stereocenters. The highest BCUT2D eigenvalue weighted by Crippen LogP contribution is 2.36. The van der Waals surface area contributed by atoms with Crippen molar-refractivity contribution < 1.29 is 9.72 Å². The van der Waals surface area contributed by atoms with Gasteiger partial charge in [0.1, 0.15) is 5.52 Å². The number of nitro groups is 1. The van der Waals surface area contributed by atoms with E-state index < -0.39 is 4.92 Å². The summed E-state index contributed by atoms with van der Waals surface area (Å²) in [4.78, 5) is 27.7. The molecule has 6 nitrogen and oxygen atoms in total. The van der Waals surface area contributed by atoms with Gasteiger partial charge in [0.15, 0.2) is 5.13 Å². The number of thiazole rings is 1. The van der Waals surface area contributed by atoms with E-state index in [0.29, 0.717) is 35.7 Å². The third-order valence-electron chi connectivity index (χ3n) is 3.60. The number of thiophene rings is 1. The van der Waals surface area contributed by atoms with Crippen molar-refractivity contribution in [3.05, 3.63) is 61.4 Å². The van der Waals surface area contributed by atoms with Crippen LogP contribution in [0.2, 0.25) is 10.0 Å². The van der Waals surface area contributed by atoms with E-state index in [9.17, 15) is 14.9 Å². The van der Waals surface area contributed by atoms with Crippen LogP contribution in [0.5, 0.6) is 0 Å². The summed E-state index contributed by atoms with van der Waals surface area (Å²) in [5, 5.41) is 15.6. The summed E-state index contributed by atoms with van der Waals surface area (Å²) in [5.41, 5.74) is 0.518. The van der Waals surface area contributed by atoms with Gasteiger partial charge >= 0.3 is 0 Å². The molecule has 1 N–H and O–H groups in total. The average Bonchev–Trinajstić information content (AvgIpc) is 3.22. The Morgan fingerprint density at radius 2 is 1.88 bits per heavy atom. The molecule has 0 aliphatic rings. The van der Waals surface area contributed by atoms with Crippen molar-refractivity contribution in [1.29, 1.82) is 0 Å². The zero-order valence-corrected chi connectivity index (χ0v) is 15.8. The van der Waals surface area contributed by atoms with E-state index in [2.05, 4.69) is 10.3 Å². The Labute approximate surface area is 164 Å². The lowest BCUT2D eigenvalue weighted by Gasteiger charge is -1.97. The number of nitrogens with zero attached hydrogens (tertiary/aromatic N) is 2. The number of amides is 1. The quantitative estimate of drug-likeness (QED) is 0.324. The van der Waals surface area contributed by atoms with Crippen molar-refractivity contribution >= 4 is 82.9 Å². The number of hydrogen-bond donors (Lipinski definition) is 1. The van der Waals surface area contributed by atoms with Crippen molar-refractivity contribution in [2.45, 2.75) is 0 Å². The van der Waals surface area contributed by atoms with Crippen LogP contribution < -0.4 is 5.32 Å². The Morgan fingerprint density at radius 1 is 1.12 bits per heavy atom. The van der Waals surface area contributed by atoms with Gasteiger partial charge in [0.25, 0.3) is 11.6 Å². The maximum Gasteiger partial charge on any atom is 0.270 e. The van der Waals surface area contributed by atoms with E-state index in [1.165, 1.54) is 34.8 Å². The van der Waals surface area contributed by atoms with Crippen LogP contribution in [0, 0.1) is 10.1 Å². The molecule has 4 rings (SSSR count). The number of nitrogens with one attached hydrogen (secondary N) is 1. The van der Waals surface area contributed by atoms with Crippen LogP contribution in [-0.2, 0) is 0 Å². The molecule has 130 valence electrons. The second kappa shape index (κ2) is 6.48. The molecule has 2 heterocycles. The fourth-order valence-electron chi connectivity index (χ4n) is 2.41. The predicted molar refractivity (Wildman–Crippen MR) is 106 cm³/mol. The highest BCUT2D eigenvalue weighted by molar-refractivity contribution is 7.23. The number of hydrogen-bond acceptors (Lipinski definition) is 6. The van der Waals surface area contributed by atoms with E-state index in [1.807, 2.05) is 0 Å². The SMILES string of the molecule is O=C(Nc1nc2c(Cl)ccc(Cl)c2s1)c1cc2cc([N+](=O)[O-])ccc2s1. The predicted octanol–water partition coefficient (Wildman–Crippen LogP) is 5.98. The fraction of sp³-hybridized carbons (Fsp3) is 0.